The van der Waals surface area contributed by atoms with E-state index in [0.29, 0.717) is 24.8 Å². The van der Waals surface area contributed by atoms with Gasteiger partial charge in [0, 0.05) is 44.0 Å². The third-order valence-electron chi connectivity index (χ3n) is 4.88. The molecule has 0 atom stereocenters. The quantitative estimate of drug-likeness (QED) is 0.660. The molecule has 9 heteroatoms. The van der Waals surface area contributed by atoms with Gasteiger partial charge in [-0.2, -0.15) is 0 Å². The number of carbonyl (C=O) groups is 1. The van der Waals surface area contributed by atoms with Crippen LogP contribution in [-0.4, -0.2) is 42.3 Å². The van der Waals surface area contributed by atoms with Gasteiger partial charge in [0.1, 0.15) is 23.0 Å². The molecule has 1 N–H and O–H groups in total. The summed E-state index contributed by atoms with van der Waals surface area (Å²) >= 11 is 0. The number of anilines is 1. The van der Waals surface area contributed by atoms with Crippen molar-refractivity contribution in [2.75, 3.05) is 31.1 Å². The highest BCUT2D eigenvalue weighted by Gasteiger charge is 2.22. The monoisotopic (exact) mass is 404 g/mol. The van der Waals surface area contributed by atoms with E-state index in [1.165, 1.54) is 23.1 Å². The Morgan fingerprint density at radius 1 is 0.931 bits per heavy atom. The average molecular weight is 404 g/mol. The molecule has 0 radical (unpaired) electrons. The predicted octanol–water partition coefficient (Wildman–Crippen LogP) is 3.68. The summed E-state index contributed by atoms with van der Waals surface area (Å²) in [6.07, 6.45) is -1.01. The highest BCUT2D eigenvalue weighted by Crippen LogP contribution is 2.29. The van der Waals surface area contributed by atoms with Gasteiger partial charge in [0.05, 0.1) is 10.9 Å². The molecule has 0 aliphatic carbocycles. The lowest BCUT2D eigenvalue weighted by Crippen LogP contribution is -2.48. The zero-order chi connectivity index (χ0) is 20.7. The van der Waals surface area contributed by atoms with Crippen LogP contribution in [0.4, 0.5) is 23.7 Å². The lowest BCUT2D eigenvalue weighted by molar-refractivity contribution is 0.142. The number of piperazine rings is 1. The summed E-state index contributed by atoms with van der Waals surface area (Å²) in [7, 11) is 0. The SMILES string of the molecule is O=C(O)N1CCN(c2cc(F)c3cc(-c4cc(F)cc(F)c4)c(=O)oc3c2)CC1. The molecule has 29 heavy (non-hydrogen) atoms. The highest BCUT2D eigenvalue weighted by molar-refractivity contribution is 5.85. The molecule has 6 nitrogen and oxygen atoms in total. The minimum atomic E-state index is -1.01. The van der Waals surface area contributed by atoms with Crippen LogP contribution in [0.25, 0.3) is 22.1 Å². The Labute approximate surface area is 162 Å². The van der Waals surface area contributed by atoms with Crippen molar-refractivity contribution >= 4 is 22.7 Å². The van der Waals surface area contributed by atoms with Crippen LogP contribution in [0.3, 0.4) is 0 Å². The fourth-order valence-corrected chi connectivity index (χ4v) is 3.41. The maximum atomic E-state index is 14.8. The molecule has 0 spiro atoms. The summed E-state index contributed by atoms with van der Waals surface area (Å²) in [5.74, 6) is -2.40. The number of nitrogens with zero attached hydrogens (tertiary/aromatic N) is 2. The lowest BCUT2D eigenvalue weighted by atomic mass is 10.0. The Kier molecular flexibility index (Phi) is 4.65. The number of rotatable bonds is 2. The number of fused-ring (bicyclic) bond motifs is 1. The maximum Gasteiger partial charge on any atom is 0.407 e. The van der Waals surface area contributed by atoms with Crippen LogP contribution in [0.5, 0.6) is 0 Å². The summed E-state index contributed by atoms with van der Waals surface area (Å²) in [6.45, 7) is 1.26. The molecule has 1 aromatic heterocycles. The van der Waals surface area contributed by atoms with E-state index in [2.05, 4.69) is 0 Å². The first-order valence-electron chi connectivity index (χ1n) is 8.78. The Hall–Kier alpha value is -3.49. The van der Waals surface area contributed by atoms with E-state index in [1.54, 1.807) is 4.90 Å². The molecule has 0 saturated carbocycles. The smallest absolute Gasteiger partial charge is 0.407 e. The van der Waals surface area contributed by atoms with Crippen LogP contribution in [0.2, 0.25) is 0 Å². The summed E-state index contributed by atoms with van der Waals surface area (Å²) in [6, 6.07) is 6.56. The molecule has 2 heterocycles. The van der Waals surface area contributed by atoms with Gasteiger partial charge in [0.15, 0.2) is 0 Å². The first kappa shape index (κ1) is 18.9. The van der Waals surface area contributed by atoms with E-state index in [-0.39, 0.29) is 35.2 Å². The molecule has 1 amide bonds. The van der Waals surface area contributed by atoms with E-state index in [9.17, 15) is 22.8 Å². The maximum absolute atomic E-state index is 14.8. The fraction of sp³-hybridized carbons (Fsp3) is 0.200. The number of amides is 1. The molecule has 2 aromatic carbocycles. The Bertz CT molecular complexity index is 1150. The van der Waals surface area contributed by atoms with E-state index in [4.69, 9.17) is 9.52 Å². The topological polar surface area (TPSA) is 74.0 Å². The van der Waals surface area contributed by atoms with Crippen LogP contribution in [0.1, 0.15) is 0 Å². The average Bonchev–Trinajstić information content (AvgIpc) is 2.66. The molecule has 1 fully saturated rings. The van der Waals surface area contributed by atoms with Gasteiger partial charge in [-0.1, -0.05) is 0 Å². The van der Waals surface area contributed by atoms with Gasteiger partial charge in [-0.3, -0.25) is 0 Å². The molecule has 3 aromatic rings. The molecular weight excluding hydrogens is 389 g/mol. The van der Waals surface area contributed by atoms with Gasteiger partial charge >= 0.3 is 11.7 Å². The Morgan fingerprint density at radius 2 is 1.59 bits per heavy atom. The molecular formula is C20H15F3N2O4. The molecule has 1 aliphatic heterocycles. The molecule has 0 bridgehead atoms. The molecule has 0 unspecified atom stereocenters. The fourth-order valence-electron chi connectivity index (χ4n) is 3.41. The summed E-state index contributed by atoms with van der Waals surface area (Å²) in [5, 5.41) is 9.01. The van der Waals surface area contributed by atoms with Gasteiger partial charge in [0.25, 0.3) is 0 Å². The first-order chi connectivity index (χ1) is 13.8. The zero-order valence-corrected chi connectivity index (χ0v) is 15.0. The minimum absolute atomic E-state index is 0.00260. The van der Waals surface area contributed by atoms with Crippen LogP contribution in [0.15, 0.2) is 45.6 Å². The van der Waals surface area contributed by atoms with Crippen LogP contribution in [-0.2, 0) is 0 Å². The summed E-state index contributed by atoms with van der Waals surface area (Å²) in [4.78, 5) is 26.4. The van der Waals surface area contributed by atoms with Crippen molar-refractivity contribution in [3.63, 3.8) is 0 Å². The van der Waals surface area contributed by atoms with Crippen molar-refractivity contribution in [1.29, 1.82) is 0 Å². The first-order valence-corrected chi connectivity index (χ1v) is 8.78. The van der Waals surface area contributed by atoms with Crippen molar-refractivity contribution in [2.45, 2.75) is 0 Å². The van der Waals surface area contributed by atoms with Crippen molar-refractivity contribution in [3.8, 4) is 11.1 Å². The van der Waals surface area contributed by atoms with E-state index in [1.807, 2.05) is 0 Å². The Balaban J connectivity index is 1.73. The summed E-state index contributed by atoms with van der Waals surface area (Å²) in [5.41, 5.74) is -0.613. The van der Waals surface area contributed by atoms with Gasteiger partial charge in [0.2, 0.25) is 0 Å². The number of halogens is 3. The molecule has 150 valence electrons. The number of benzene rings is 2. The molecule has 1 saturated heterocycles. The molecule has 4 rings (SSSR count). The van der Waals surface area contributed by atoms with E-state index < -0.39 is 29.2 Å². The third kappa shape index (κ3) is 3.63. The number of hydrogen-bond donors (Lipinski definition) is 1. The van der Waals surface area contributed by atoms with Gasteiger partial charge in [-0.05, 0) is 29.8 Å². The van der Waals surface area contributed by atoms with Crippen LogP contribution < -0.4 is 10.5 Å². The third-order valence-corrected chi connectivity index (χ3v) is 4.88. The lowest BCUT2D eigenvalue weighted by Gasteiger charge is -2.34. The van der Waals surface area contributed by atoms with Crippen molar-refractivity contribution in [1.82, 2.24) is 4.90 Å². The second kappa shape index (κ2) is 7.16. The van der Waals surface area contributed by atoms with Crippen LogP contribution in [0, 0.1) is 17.5 Å². The van der Waals surface area contributed by atoms with Crippen molar-refractivity contribution in [2.24, 2.45) is 0 Å². The highest BCUT2D eigenvalue weighted by atomic mass is 19.1. The van der Waals surface area contributed by atoms with Gasteiger partial charge < -0.3 is 19.3 Å². The van der Waals surface area contributed by atoms with Gasteiger partial charge in [-0.15, -0.1) is 0 Å². The minimum Gasteiger partial charge on any atom is -0.465 e. The second-order valence-corrected chi connectivity index (χ2v) is 6.70. The van der Waals surface area contributed by atoms with Gasteiger partial charge in [-0.25, -0.2) is 22.8 Å². The van der Waals surface area contributed by atoms with E-state index >= 15 is 0 Å². The predicted molar refractivity (Wildman–Crippen MR) is 99.6 cm³/mol. The normalized spacial score (nSPS) is 14.4. The zero-order valence-electron chi connectivity index (χ0n) is 15.0. The summed E-state index contributed by atoms with van der Waals surface area (Å²) < 4.78 is 46.9. The van der Waals surface area contributed by atoms with Crippen molar-refractivity contribution in [3.05, 3.63) is 64.3 Å². The molecule has 1 aliphatic rings. The largest absolute Gasteiger partial charge is 0.465 e. The Morgan fingerprint density at radius 3 is 2.21 bits per heavy atom. The van der Waals surface area contributed by atoms with Crippen LogP contribution >= 0.6 is 0 Å². The number of hydrogen-bond acceptors (Lipinski definition) is 4. The van der Waals surface area contributed by atoms with Crippen molar-refractivity contribution < 1.29 is 27.5 Å². The number of carboxylic acid groups (broad SMARTS) is 1. The standard InChI is InChI=1S/C20H15F3N2O4/c21-12-5-11(6-13(22)7-12)15-10-16-17(23)8-14(9-18(16)29-19(15)26)24-1-3-25(4-2-24)20(27)28/h5-10H,1-4H2,(H,27,28). The van der Waals surface area contributed by atoms with E-state index in [0.717, 1.165) is 12.1 Å². The second-order valence-electron chi connectivity index (χ2n) is 6.70.